The van der Waals surface area contributed by atoms with Gasteiger partial charge in [-0.1, -0.05) is 29.9 Å². The summed E-state index contributed by atoms with van der Waals surface area (Å²) in [4.78, 5) is 10.9. The second-order valence-electron chi connectivity index (χ2n) is 4.32. The summed E-state index contributed by atoms with van der Waals surface area (Å²) in [6, 6.07) is 0.366. The van der Waals surface area contributed by atoms with Crippen molar-refractivity contribution in [3.8, 4) is 0 Å². The summed E-state index contributed by atoms with van der Waals surface area (Å²) in [6.07, 6.45) is 11.5. The van der Waals surface area contributed by atoms with Crippen molar-refractivity contribution in [2.45, 2.75) is 32.7 Å². The average Bonchev–Trinajstić information content (AvgIpc) is 2.34. The lowest BCUT2D eigenvalue weighted by Gasteiger charge is -2.25. The Bertz CT molecular complexity index is 342. The van der Waals surface area contributed by atoms with E-state index in [-0.39, 0.29) is 5.97 Å². The van der Waals surface area contributed by atoms with Crippen LogP contribution in [0.4, 0.5) is 0 Å². The minimum atomic E-state index is -0.215. The molecule has 0 bridgehead atoms. The number of rotatable bonds is 5. The Balaban J connectivity index is 2.34. The van der Waals surface area contributed by atoms with Gasteiger partial charge in [0.05, 0.1) is 13.5 Å². The first-order valence-corrected chi connectivity index (χ1v) is 5.96. The van der Waals surface area contributed by atoms with E-state index in [2.05, 4.69) is 42.1 Å². The van der Waals surface area contributed by atoms with Crippen LogP contribution in [0.2, 0.25) is 0 Å². The van der Waals surface area contributed by atoms with Crippen LogP contribution >= 0.6 is 0 Å². The Morgan fingerprint density at radius 2 is 2.47 bits per heavy atom. The molecule has 3 nitrogen and oxygen atoms in total. The van der Waals surface area contributed by atoms with Gasteiger partial charge in [-0.15, -0.1) is 0 Å². The van der Waals surface area contributed by atoms with Crippen LogP contribution < -0.4 is 5.32 Å². The third-order valence-electron chi connectivity index (χ3n) is 3.06. The zero-order chi connectivity index (χ0) is 12.7. The highest BCUT2D eigenvalue weighted by molar-refractivity contribution is 5.70. The third kappa shape index (κ3) is 4.47. The van der Waals surface area contributed by atoms with Crippen LogP contribution in [0.25, 0.3) is 0 Å². The van der Waals surface area contributed by atoms with E-state index in [1.807, 2.05) is 6.20 Å². The molecule has 0 radical (unpaired) electrons. The number of hydrogen-bond acceptors (Lipinski definition) is 3. The van der Waals surface area contributed by atoms with Crippen molar-refractivity contribution < 1.29 is 9.53 Å². The number of hydrogen-bond donors (Lipinski definition) is 1. The molecule has 0 amide bonds. The fourth-order valence-electron chi connectivity index (χ4n) is 1.93. The fraction of sp³-hybridized carbons (Fsp3) is 0.500. The van der Waals surface area contributed by atoms with E-state index in [0.717, 1.165) is 6.42 Å². The molecule has 1 N–H and O–H groups in total. The molecule has 2 unspecified atom stereocenters. The Morgan fingerprint density at radius 1 is 1.71 bits per heavy atom. The van der Waals surface area contributed by atoms with Gasteiger partial charge in [-0.25, -0.2) is 0 Å². The lowest BCUT2D eigenvalue weighted by Crippen LogP contribution is -2.30. The van der Waals surface area contributed by atoms with E-state index >= 15 is 0 Å². The van der Waals surface area contributed by atoms with Crippen LogP contribution in [0.5, 0.6) is 0 Å². The smallest absolute Gasteiger partial charge is 0.309 e. The van der Waals surface area contributed by atoms with Gasteiger partial charge >= 0.3 is 5.97 Å². The van der Waals surface area contributed by atoms with Crippen LogP contribution in [0.3, 0.4) is 0 Å². The summed E-state index contributed by atoms with van der Waals surface area (Å²) < 4.78 is 4.55. The Kier molecular flexibility index (Phi) is 5.53. The zero-order valence-corrected chi connectivity index (χ0v) is 10.8. The molecule has 94 valence electrons. The van der Waals surface area contributed by atoms with E-state index in [1.54, 1.807) is 6.08 Å². The Labute approximate surface area is 103 Å². The third-order valence-corrected chi connectivity index (χ3v) is 3.06. The molecule has 1 rings (SSSR count). The number of allylic oxidation sites excluding steroid dienone is 3. The zero-order valence-electron chi connectivity index (χ0n) is 10.8. The van der Waals surface area contributed by atoms with E-state index in [9.17, 15) is 4.79 Å². The van der Waals surface area contributed by atoms with Crippen LogP contribution in [-0.2, 0) is 9.53 Å². The van der Waals surface area contributed by atoms with Gasteiger partial charge in [0.25, 0.3) is 0 Å². The van der Waals surface area contributed by atoms with Crippen molar-refractivity contribution in [2.75, 3.05) is 7.11 Å². The molecule has 0 spiro atoms. The molecule has 2 atom stereocenters. The van der Waals surface area contributed by atoms with Crippen molar-refractivity contribution in [3.05, 3.63) is 36.1 Å². The summed E-state index contributed by atoms with van der Waals surface area (Å²) in [5, 5.41) is 3.30. The first-order valence-electron chi connectivity index (χ1n) is 5.96. The van der Waals surface area contributed by atoms with Crippen LogP contribution in [0.1, 0.15) is 26.7 Å². The molecule has 0 aromatic carbocycles. The molecule has 17 heavy (non-hydrogen) atoms. The van der Waals surface area contributed by atoms with Crippen molar-refractivity contribution >= 4 is 5.97 Å². The van der Waals surface area contributed by atoms with Crippen molar-refractivity contribution in [1.82, 2.24) is 5.32 Å². The molecule has 0 fully saturated rings. The highest BCUT2D eigenvalue weighted by Crippen LogP contribution is 2.23. The van der Waals surface area contributed by atoms with Gasteiger partial charge in [-0.3, -0.25) is 4.79 Å². The van der Waals surface area contributed by atoms with E-state index in [1.165, 1.54) is 12.7 Å². The summed E-state index contributed by atoms with van der Waals surface area (Å²) >= 11 is 0. The van der Waals surface area contributed by atoms with Gasteiger partial charge in [-0.05, 0) is 26.5 Å². The molecular formula is C14H21NO2. The number of ether oxygens (including phenoxy) is 1. The normalized spacial score (nSPS) is 21.1. The molecule has 1 aliphatic carbocycles. The van der Waals surface area contributed by atoms with Gasteiger partial charge in [0, 0.05) is 12.0 Å². The van der Waals surface area contributed by atoms with Gasteiger partial charge in [0.1, 0.15) is 0 Å². The Morgan fingerprint density at radius 3 is 3.12 bits per heavy atom. The maximum atomic E-state index is 10.9. The molecule has 0 heterocycles. The predicted molar refractivity (Wildman–Crippen MR) is 69.4 cm³/mol. The summed E-state index contributed by atoms with van der Waals surface area (Å²) in [6.45, 7) is 4.31. The van der Waals surface area contributed by atoms with E-state index in [4.69, 9.17) is 0 Å². The molecule has 0 aromatic rings. The number of nitrogens with one attached hydrogen (secondary N) is 1. The first kappa shape index (κ1) is 13.6. The monoisotopic (exact) mass is 235 g/mol. The van der Waals surface area contributed by atoms with Gasteiger partial charge in [-0.2, -0.15) is 0 Å². The Hall–Kier alpha value is -1.51. The van der Waals surface area contributed by atoms with Gasteiger partial charge in [0.15, 0.2) is 0 Å². The molecular weight excluding hydrogens is 214 g/mol. The SMILES string of the molecule is COC(=O)C/C=C\NC(C)C1CC=CC=C1C. The topological polar surface area (TPSA) is 38.3 Å². The van der Waals surface area contributed by atoms with Gasteiger partial charge in [0.2, 0.25) is 0 Å². The maximum absolute atomic E-state index is 10.9. The molecule has 0 saturated heterocycles. The second kappa shape index (κ2) is 6.94. The largest absolute Gasteiger partial charge is 0.469 e. The van der Waals surface area contributed by atoms with Gasteiger partial charge < -0.3 is 10.1 Å². The molecule has 0 saturated carbocycles. The number of methoxy groups -OCH3 is 1. The summed E-state index contributed by atoms with van der Waals surface area (Å²) in [5.74, 6) is 0.315. The number of carbonyl (C=O) groups excluding carboxylic acids is 1. The van der Waals surface area contributed by atoms with E-state index < -0.39 is 0 Å². The predicted octanol–water partition coefficient (Wildman–Crippen LogP) is 2.56. The first-order chi connectivity index (χ1) is 8.15. The minimum absolute atomic E-state index is 0.215. The summed E-state index contributed by atoms with van der Waals surface area (Å²) in [5.41, 5.74) is 1.40. The molecule has 1 aliphatic rings. The number of esters is 1. The quantitative estimate of drug-likeness (QED) is 0.744. The van der Waals surface area contributed by atoms with Crippen LogP contribution in [-0.4, -0.2) is 19.1 Å². The lowest BCUT2D eigenvalue weighted by molar-refractivity contribution is -0.139. The fourth-order valence-corrected chi connectivity index (χ4v) is 1.93. The second-order valence-corrected chi connectivity index (χ2v) is 4.32. The average molecular weight is 235 g/mol. The van der Waals surface area contributed by atoms with E-state index in [0.29, 0.717) is 18.4 Å². The standard InChI is InChI=1S/C14H21NO2/c1-11-7-4-5-8-13(11)12(2)15-10-6-9-14(16)17-3/h4-7,10,12-13,15H,8-9H2,1-3H3/b10-6-. The number of carbonyl (C=O) groups is 1. The highest BCUT2D eigenvalue weighted by Gasteiger charge is 2.17. The maximum Gasteiger partial charge on any atom is 0.309 e. The van der Waals surface area contributed by atoms with Crippen molar-refractivity contribution in [2.24, 2.45) is 5.92 Å². The van der Waals surface area contributed by atoms with Crippen LogP contribution in [0.15, 0.2) is 36.1 Å². The molecule has 0 aromatic heterocycles. The highest BCUT2D eigenvalue weighted by atomic mass is 16.5. The molecule has 3 heteroatoms. The van der Waals surface area contributed by atoms with Crippen LogP contribution in [0, 0.1) is 5.92 Å². The van der Waals surface area contributed by atoms with Crippen molar-refractivity contribution in [1.29, 1.82) is 0 Å². The summed E-state index contributed by atoms with van der Waals surface area (Å²) in [7, 11) is 1.40. The lowest BCUT2D eigenvalue weighted by atomic mass is 9.87. The minimum Gasteiger partial charge on any atom is -0.469 e. The van der Waals surface area contributed by atoms with Crippen molar-refractivity contribution in [3.63, 3.8) is 0 Å². The molecule has 0 aliphatic heterocycles.